The van der Waals surface area contributed by atoms with Gasteiger partial charge in [-0.15, -0.1) is 10.2 Å². The Morgan fingerprint density at radius 1 is 1.13 bits per heavy atom. The Balaban J connectivity index is 1.40. The minimum atomic E-state index is -4.71. The number of nitrogens with one attached hydrogen (secondary N) is 1. The zero-order chi connectivity index (χ0) is 21.3. The van der Waals surface area contributed by atoms with Gasteiger partial charge in [0.2, 0.25) is 11.8 Å². The maximum absolute atomic E-state index is 12.6. The summed E-state index contributed by atoms with van der Waals surface area (Å²) in [5.74, 6) is -1.87. The number of nitrogens with zero attached hydrogens (tertiary/aromatic N) is 3. The third-order valence-corrected chi connectivity index (χ3v) is 4.84. The third-order valence-electron chi connectivity index (χ3n) is 4.02. The standard InChI is InChI=1S/C19H13F3N4O3S/c1-10-8-11(16-25-26-17(29-16)19(20,21)22)6-7-12(10)23-15(27)9-30-18-24-13-4-2-3-5-14(13)28-18/h2-8H,9H2,1H3,(H,23,27). The molecule has 7 nitrogen and oxygen atoms in total. The zero-order valence-corrected chi connectivity index (χ0v) is 16.2. The molecule has 154 valence electrons. The lowest BCUT2D eigenvalue weighted by Crippen LogP contribution is -2.14. The lowest BCUT2D eigenvalue weighted by atomic mass is 10.1. The molecule has 0 aliphatic heterocycles. The number of carbonyl (C=O) groups excluding carboxylic acids is 1. The molecule has 0 bridgehead atoms. The number of hydrogen-bond donors (Lipinski definition) is 1. The minimum absolute atomic E-state index is 0.0760. The molecule has 2 aromatic carbocycles. The van der Waals surface area contributed by atoms with Crippen molar-refractivity contribution in [3.8, 4) is 11.5 Å². The second-order valence-electron chi connectivity index (χ2n) is 6.22. The molecule has 2 heterocycles. The van der Waals surface area contributed by atoms with E-state index in [1.54, 1.807) is 25.1 Å². The van der Waals surface area contributed by atoms with Gasteiger partial charge in [0.1, 0.15) is 5.52 Å². The molecule has 4 rings (SSSR count). The number of hydrogen-bond acceptors (Lipinski definition) is 7. The Hall–Kier alpha value is -3.34. The van der Waals surface area contributed by atoms with Gasteiger partial charge >= 0.3 is 12.1 Å². The zero-order valence-electron chi connectivity index (χ0n) is 15.4. The van der Waals surface area contributed by atoms with Crippen LogP contribution < -0.4 is 5.32 Å². The van der Waals surface area contributed by atoms with Crippen LogP contribution in [-0.2, 0) is 11.0 Å². The number of carbonyl (C=O) groups is 1. The van der Waals surface area contributed by atoms with Gasteiger partial charge in [0.05, 0.1) is 5.75 Å². The van der Waals surface area contributed by atoms with Gasteiger partial charge in [0.15, 0.2) is 5.58 Å². The summed E-state index contributed by atoms with van der Waals surface area (Å²) >= 11 is 1.15. The molecule has 0 aliphatic rings. The fourth-order valence-electron chi connectivity index (χ4n) is 2.62. The number of para-hydroxylation sites is 2. The van der Waals surface area contributed by atoms with Crippen LogP contribution in [0.1, 0.15) is 11.5 Å². The van der Waals surface area contributed by atoms with E-state index in [-0.39, 0.29) is 17.6 Å². The highest BCUT2D eigenvalue weighted by Gasteiger charge is 2.38. The molecule has 30 heavy (non-hydrogen) atoms. The van der Waals surface area contributed by atoms with E-state index in [2.05, 4.69) is 24.9 Å². The molecular weight excluding hydrogens is 421 g/mol. The first kappa shape index (κ1) is 20.0. The molecule has 1 amide bonds. The Morgan fingerprint density at radius 3 is 2.63 bits per heavy atom. The first-order valence-electron chi connectivity index (χ1n) is 8.59. The average molecular weight is 434 g/mol. The number of aromatic nitrogens is 3. The molecule has 11 heteroatoms. The second-order valence-corrected chi connectivity index (χ2v) is 7.15. The molecule has 0 atom stereocenters. The maximum Gasteiger partial charge on any atom is 0.470 e. The summed E-state index contributed by atoms with van der Waals surface area (Å²) < 4.78 is 48.0. The number of halogens is 3. The normalized spacial score (nSPS) is 11.7. The van der Waals surface area contributed by atoms with Crippen molar-refractivity contribution < 1.29 is 26.8 Å². The first-order valence-corrected chi connectivity index (χ1v) is 9.58. The smallest absolute Gasteiger partial charge is 0.431 e. The molecule has 0 radical (unpaired) electrons. The lowest BCUT2D eigenvalue weighted by Gasteiger charge is -2.08. The van der Waals surface area contributed by atoms with E-state index in [4.69, 9.17) is 4.42 Å². The van der Waals surface area contributed by atoms with Crippen LogP contribution in [-0.4, -0.2) is 26.8 Å². The summed E-state index contributed by atoms with van der Waals surface area (Å²) in [5, 5.41) is 9.56. The molecule has 0 saturated heterocycles. The summed E-state index contributed by atoms with van der Waals surface area (Å²) in [5.41, 5.74) is 2.80. The molecule has 0 fully saturated rings. The van der Waals surface area contributed by atoms with Crippen LogP contribution in [0.2, 0.25) is 0 Å². The number of fused-ring (bicyclic) bond motifs is 1. The van der Waals surface area contributed by atoms with Crippen LogP contribution in [0.5, 0.6) is 0 Å². The van der Waals surface area contributed by atoms with Crippen LogP contribution in [0.4, 0.5) is 18.9 Å². The van der Waals surface area contributed by atoms with Gasteiger partial charge in [-0.3, -0.25) is 4.79 Å². The number of aryl methyl sites for hydroxylation is 1. The molecular formula is C19H13F3N4O3S. The van der Waals surface area contributed by atoms with Crippen molar-refractivity contribution in [1.82, 2.24) is 15.2 Å². The van der Waals surface area contributed by atoms with Crippen molar-refractivity contribution in [3.63, 3.8) is 0 Å². The fraction of sp³-hybridized carbons (Fsp3) is 0.158. The van der Waals surface area contributed by atoms with E-state index in [1.165, 1.54) is 6.07 Å². The van der Waals surface area contributed by atoms with Crippen LogP contribution >= 0.6 is 11.8 Å². The molecule has 1 N–H and O–H groups in total. The van der Waals surface area contributed by atoms with Crippen LogP contribution in [0.15, 0.2) is 56.5 Å². The van der Waals surface area contributed by atoms with Gasteiger partial charge in [0, 0.05) is 11.3 Å². The summed E-state index contributed by atoms with van der Waals surface area (Å²) in [6, 6.07) is 11.9. The maximum atomic E-state index is 12.6. The van der Waals surface area contributed by atoms with Crippen molar-refractivity contribution in [1.29, 1.82) is 0 Å². The largest absolute Gasteiger partial charge is 0.470 e. The van der Waals surface area contributed by atoms with Gasteiger partial charge in [-0.1, -0.05) is 23.9 Å². The van der Waals surface area contributed by atoms with Crippen molar-refractivity contribution in [3.05, 3.63) is 53.9 Å². The highest BCUT2D eigenvalue weighted by Crippen LogP contribution is 2.31. The fourth-order valence-corrected chi connectivity index (χ4v) is 3.26. The lowest BCUT2D eigenvalue weighted by molar-refractivity contribution is -0.156. The summed E-state index contributed by atoms with van der Waals surface area (Å²) in [6.45, 7) is 1.70. The van der Waals surface area contributed by atoms with E-state index < -0.39 is 12.1 Å². The highest BCUT2D eigenvalue weighted by atomic mass is 32.2. The van der Waals surface area contributed by atoms with Gasteiger partial charge in [0.25, 0.3) is 5.22 Å². The van der Waals surface area contributed by atoms with Crippen molar-refractivity contribution in [2.45, 2.75) is 18.3 Å². The van der Waals surface area contributed by atoms with Crippen LogP contribution in [0, 0.1) is 6.92 Å². The number of benzene rings is 2. The molecule has 0 spiro atoms. The topological polar surface area (TPSA) is 94.1 Å². The predicted octanol–water partition coefficient (Wildman–Crippen LogP) is 4.94. The Labute approximate surface area is 171 Å². The Bertz CT molecular complexity index is 1190. The third kappa shape index (κ3) is 4.30. The van der Waals surface area contributed by atoms with Gasteiger partial charge in [-0.2, -0.15) is 13.2 Å². The Kier molecular flexibility index (Phi) is 5.20. The number of amides is 1. The van der Waals surface area contributed by atoms with Gasteiger partial charge < -0.3 is 14.2 Å². The molecule has 0 saturated carbocycles. The highest BCUT2D eigenvalue weighted by molar-refractivity contribution is 7.99. The number of alkyl halides is 3. The van der Waals surface area contributed by atoms with Crippen molar-refractivity contribution in [2.24, 2.45) is 0 Å². The van der Waals surface area contributed by atoms with Crippen LogP contribution in [0.25, 0.3) is 22.6 Å². The summed E-state index contributed by atoms with van der Waals surface area (Å²) in [6.07, 6.45) is -4.71. The SMILES string of the molecule is Cc1cc(-c2nnc(C(F)(F)F)o2)ccc1NC(=O)CSc1nc2ccccc2o1. The Morgan fingerprint density at radius 2 is 1.93 bits per heavy atom. The van der Waals surface area contributed by atoms with E-state index in [0.29, 0.717) is 33.1 Å². The van der Waals surface area contributed by atoms with Gasteiger partial charge in [-0.25, -0.2) is 4.98 Å². The van der Waals surface area contributed by atoms with Gasteiger partial charge in [-0.05, 0) is 42.8 Å². The number of anilines is 1. The average Bonchev–Trinajstić information content (AvgIpc) is 3.34. The molecule has 4 aromatic rings. The van der Waals surface area contributed by atoms with E-state index in [0.717, 1.165) is 11.8 Å². The van der Waals surface area contributed by atoms with E-state index >= 15 is 0 Å². The van der Waals surface area contributed by atoms with Crippen molar-refractivity contribution >= 4 is 34.5 Å². The first-order chi connectivity index (χ1) is 14.3. The van der Waals surface area contributed by atoms with E-state index in [1.807, 2.05) is 18.2 Å². The number of oxazole rings is 1. The quantitative estimate of drug-likeness (QED) is 0.445. The number of thioether (sulfide) groups is 1. The predicted molar refractivity (Wildman–Crippen MR) is 103 cm³/mol. The monoisotopic (exact) mass is 434 g/mol. The summed E-state index contributed by atoms with van der Waals surface area (Å²) in [7, 11) is 0. The number of rotatable bonds is 5. The van der Waals surface area contributed by atoms with Crippen LogP contribution in [0.3, 0.4) is 0 Å². The van der Waals surface area contributed by atoms with E-state index in [9.17, 15) is 18.0 Å². The summed E-state index contributed by atoms with van der Waals surface area (Å²) in [4.78, 5) is 16.5. The van der Waals surface area contributed by atoms with Crippen molar-refractivity contribution in [2.75, 3.05) is 11.1 Å². The molecule has 0 unspecified atom stereocenters. The second kappa shape index (κ2) is 7.82. The minimum Gasteiger partial charge on any atom is -0.431 e. The molecule has 0 aliphatic carbocycles. The molecule has 2 aromatic heterocycles.